The Balaban J connectivity index is 2.50. The predicted octanol–water partition coefficient (Wildman–Crippen LogP) is 1.65. The van der Waals surface area contributed by atoms with E-state index in [9.17, 15) is 0 Å². The number of nitrogens with zero attached hydrogens (tertiary/aromatic N) is 1. The second kappa shape index (κ2) is 5.69. The number of hydroxylamine groups is 2. The summed E-state index contributed by atoms with van der Waals surface area (Å²) < 4.78 is 0. The van der Waals surface area contributed by atoms with Gasteiger partial charge in [0.1, 0.15) is 0 Å². The van der Waals surface area contributed by atoms with Crippen LogP contribution in [0, 0.1) is 5.41 Å². The van der Waals surface area contributed by atoms with E-state index in [1.807, 2.05) is 12.1 Å². The van der Waals surface area contributed by atoms with Gasteiger partial charge in [0.2, 0.25) is 0 Å². The molecular formula is C11H24N2O. The largest absolute Gasteiger partial charge is 0.316 e. The van der Waals surface area contributed by atoms with E-state index in [0.717, 1.165) is 13.1 Å². The van der Waals surface area contributed by atoms with Crippen LogP contribution in [-0.4, -0.2) is 38.9 Å². The van der Waals surface area contributed by atoms with Gasteiger partial charge in [-0.1, -0.05) is 13.3 Å². The van der Waals surface area contributed by atoms with Crippen molar-refractivity contribution in [2.75, 3.05) is 33.8 Å². The summed E-state index contributed by atoms with van der Waals surface area (Å²) in [6.07, 6.45) is 5.20. The molecule has 3 nitrogen and oxygen atoms in total. The zero-order valence-corrected chi connectivity index (χ0v) is 9.81. The zero-order valence-electron chi connectivity index (χ0n) is 9.81. The second-order valence-electron chi connectivity index (χ2n) is 4.50. The lowest BCUT2D eigenvalue weighted by Gasteiger charge is -2.39. The van der Waals surface area contributed by atoms with E-state index in [4.69, 9.17) is 4.84 Å². The monoisotopic (exact) mass is 200 g/mol. The molecule has 1 saturated heterocycles. The highest BCUT2D eigenvalue weighted by atomic mass is 16.7. The Morgan fingerprint density at radius 2 is 2.29 bits per heavy atom. The minimum atomic E-state index is 0.442. The Labute approximate surface area is 87.8 Å². The first-order valence-electron chi connectivity index (χ1n) is 5.68. The van der Waals surface area contributed by atoms with E-state index >= 15 is 0 Å². The van der Waals surface area contributed by atoms with Gasteiger partial charge in [-0.2, -0.15) is 5.06 Å². The number of nitrogens with one attached hydrogen (secondary N) is 1. The van der Waals surface area contributed by atoms with Crippen LogP contribution in [0.3, 0.4) is 0 Å². The molecule has 3 heteroatoms. The average molecular weight is 200 g/mol. The molecule has 0 radical (unpaired) electrons. The Bertz CT molecular complexity index is 150. The van der Waals surface area contributed by atoms with Gasteiger partial charge in [-0.25, -0.2) is 0 Å². The molecular weight excluding hydrogens is 176 g/mol. The molecule has 1 atom stereocenters. The van der Waals surface area contributed by atoms with Gasteiger partial charge in [-0.3, -0.25) is 0 Å². The van der Waals surface area contributed by atoms with Gasteiger partial charge in [-0.15, -0.1) is 0 Å². The van der Waals surface area contributed by atoms with Gasteiger partial charge < -0.3 is 10.2 Å². The van der Waals surface area contributed by atoms with Crippen LogP contribution in [0.4, 0.5) is 0 Å². The first-order chi connectivity index (χ1) is 6.72. The first kappa shape index (κ1) is 12.0. The maximum atomic E-state index is 5.23. The van der Waals surface area contributed by atoms with Gasteiger partial charge in [0.05, 0.1) is 7.11 Å². The maximum Gasteiger partial charge on any atom is 0.0575 e. The molecule has 1 aliphatic heterocycles. The van der Waals surface area contributed by atoms with E-state index in [-0.39, 0.29) is 0 Å². The van der Waals surface area contributed by atoms with Crippen molar-refractivity contribution in [3.8, 4) is 0 Å². The lowest BCUT2D eigenvalue weighted by molar-refractivity contribution is -0.135. The highest BCUT2D eigenvalue weighted by molar-refractivity contribution is 4.86. The SMILES string of the molecule is CCCC1(CN(C)OC)CCCNC1. The van der Waals surface area contributed by atoms with E-state index in [1.54, 1.807) is 7.11 Å². The summed E-state index contributed by atoms with van der Waals surface area (Å²) in [6, 6.07) is 0. The lowest BCUT2D eigenvalue weighted by atomic mass is 9.77. The molecule has 0 amide bonds. The van der Waals surface area contributed by atoms with Crippen molar-refractivity contribution in [3.05, 3.63) is 0 Å². The zero-order chi connectivity index (χ0) is 10.4. The molecule has 0 spiro atoms. The highest BCUT2D eigenvalue weighted by Gasteiger charge is 2.32. The normalized spacial score (nSPS) is 28.3. The lowest BCUT2D eigenvalue weighted by Crippen LogP contribution is -2.46. The molecule has 14 heavy (non-hydrogen) atoms. The first-order valence-corrected chi connectivity index (χ1v) is 5.68. The van der Waals surface area contributed by atoms with E-state index in [0.29, 0.717) is 5.41 Å². The van der Waals surface area contributed by atoms with Crippen molar-refractivity contribution >= 4 is 0 Å². The van der Waals surface area contributed by atoms with Crippen molar-refractivity contribution in [1.82, 2.24) is 10.4 Å². The number of hydrogen-bond acceptors (Lipinski definition) is 3. The molecule has 0 bridgehead atoms. The molecule has 1 unspecified atom stereocenters. The molecule has 1 rings (SSSR count). The smallest absolute Gasteiger partial charge is 0.0575 e. The second-order valence-corrected chi connectivity index (χ2v) is 4.50. The fraction of sp³-hybridized carbons (Fsp3) is 1.00. The van der Waals surface area contributed by atoms with Gasteiger partial charge in [0.15, 0.2) is 0 Å². The van der Waals surface area contributed by atoms with Crippen LogP contribution in [0.25, 0.3) is 0 Å². The van der Waals surface area contributed by atoms with Crippen molar-refractivity contribution < 1.29 is 4.84 Å². The van der Waals surface area contributed by atoms with Crippen LogP contribution in [0.15, 0.2) is 0 Å². The standard InChI is InChI=1S/C11H24N2O/c1-4-6-11(10-13(2)14-3)7-5-8-12-9-11/h12H,4-10H2,1-3H3. The fourth-order valence-corrected chi connectivity index (χ4v) is 2.52. The van der Waals surface area contributed by atoms with Crippen LogP contribution in [0.1, 0.15) is 32.6 Å². The van der Waals surface area contributed by atoms with Crippen LogP contribution in [0.2, 0.25) is 0 Å². The minimum absolute atomic E-state index is 0.442. The molecule has 1 aliphatic rings. The highest BCUT2D eigenvalue weighted by Crippen LogP contribution is 2.32. The third-order valence-electron chi connectivity index (χ3n) is 3.21. The number of rotatable bonds is 5. The maximum absolute atomic E-state index is 5.23. The van der Waals surface area contributed by atoms with Crippen LogP contribution < -0.4 is 5.32 Å². The molecule has 0 aliphatic carbocycles. The van der Waals surface area contributed by atoms with E-state index < -0.39 is 0 Å². The van der Waals surface area contributed by atoms with Crippen molar-refractivity contribution in [1.29, 1.82) is 0 Å². The molecule has 0 aromatic carbocycles. The Morgan fingerprint density at radius 3 is 2.79 bits per heavy atom. The molecule has 0 aromatic rings. The quantitative estimate of drug-likeness (QED) is 0.683. The molecule has 84 valence electrons. The predicted molar refractivity (Wildman–Crippen MR) is 59.1 cm³/mol. The topological polar surface area (TPSA) is 24.5 Å². The van der Waals surface area contributed by atoms with Crippen molar-refractivity contribution in [3.63, 3.8) is 0 Å². The summed E-state index contributed by atoms with van der Waals surface area (Å²) >= 11 is 0. The Kier molecular flexibility index (Phi) is 4.85. The van der Waals surface area contributed by atoms with Crippen molar-refractivity contribution in [2.45, 2.75) is 32.6 Å². The molecule has 1 N–H and O–H groups in total. The van der Waals surface area contributed by atoms with E-state index in [2.05, 4.69) is 12.2 Å². The molecule has 0 aromatic heterocycles. The molecule has 1 fully saturated rings. The van der Waals surface area contributed by atoms with Crippen LogP contribution in [0.5, 0.6) is 0 Å². The average Bonchev–Trinajstić information content (AvgIpc) is 2.19. The summed E-state index contributed by atoms with van der Waals surface area (Å²) in [4.78, 5) is 5.23. The summed E-state index contributed by atoms with van der Waals surface area (Å²) in [5, 5.41) is 5.47. The van der Waals surface area contributed by atoms with Gasteiger partial charge >= 0.3 is 0 Å². The summed E-state index contributed by atoms with van der Waals surface area (Å²) in [5.74, 6) is 0. The van der Waals surface area contributed by atoms with Gasteiger partial charge in [0.25, 0.3) is 0 Å². The van der Waals surface area contributed by atoms with Gasteiger partial charge in [0, 0.05) is 20.1 Å². The third-order valence-corrected chi connectivity index (χ3v) is 3.21. The Morgan fingerprint density at radius 1 is 1.50 bits per heavy atom. The van der Waals surface area contributed by atoms with Crippen LogP contribution >= 0.6 is 0 Å². The summed E-state index contributed by atoms with van der Waals surface area (Å²) in [6.45, 7) is 5.64. The summed E-state index contributed by atoms with van der Waals surface area (Å²) in [5.41, 5.74) is 0.442. The number of hydrogen-bond donors (Lipinski definition) is 1. The fourth-order valence-electron chi connectivity index (χ4n) is 2.52. The third kappa shape index (κ3) is 3.23. The molecule has 1 heterocycles. The summed E-state index contributed by atoms with van der Waals surface area (Å²) in [7, 11) is 3.77. The Hall–Kier alpha value is -0.120. The van der Waals surface area contributed by atoms with E-state index in [1.165, 1.54) is 32.2 Å². The number of piperidine rings is 1. The van der Waals surface area contributed by atoms with Gasteiger partial charge in [-0.05, 0) is 31.2 Å². The van der Waals surface area contributed by atoms with Crippen molar-refractivity contribution in [2.24, 2.45) is 5.41 Å². The molecule has 0 saturated carbocycles. The minimum Gasteiger partial charge on any atom is -0.316 e. The van der Waals surface area contributed by atoms with Crippen LogP contribution in [-0.2, 0) is 4.84 Å².